The second-order valence-electron chi connectivity index (χ2n) is 4.48. The van der Waals surface area contributed by atoms with E-state index in [4.69, 9.17) is 4.74 Å². The van der Waals surface area contributed by atoms with E-state index in [-0.39, 0.29) is 5.97 Å². The molecule has 2 heteroatoms. The highest BCUT2D eigenvalue weighted by Crippen LogP contribution is 2.20. The highest BCUT2D eigenvalue weighted by Gasteiger charge is 2.08. The summed E-state index contributed by atoms with van der Waals surface area (Å²) in [4.78, 5) is 11.9. The molecular formula is C16H16O2. The molecule has 0 saturated carbocycles. The van der Waals surface area contributed by atoms with Crippen LogP contribution in [-0.2, 0) is 0 Å². The lowest BCUT2D eigenvalue weighted by molar-refractivity contribution is 0.0734. The molecule has 0 aromatic heterocycles. The van der Waals surface area contributed by atoms with Crippen molar-refractivity contribution in [1.29, 1.82) is 0 Å². The molecule has 2 aromatic rings. The molecular weight excluding hydrogens is 224 g/mol. The topological polar surface area (TPSA) is 26.3 Å². The Morgan fingerprint density at radius 3 is 2.39 bits per heavy atom. The van der Waals surface area contributed by atoms with E-state index in [0.29, 0.717) is 17.2 Å². The molecule has 18 heavy (non-hydrogen) atoms. The van der Waals surface area contributed by atoms with Crippen molar-refractivity contribution in [3.63, 3.8) is 0 Å². The van der Waals surface area contributed by atoms with Crippen molar-refractivity contribution in [2.24, 2.45) is 0 Å². The van der Waals surface area contributed by atoms with Crippen LogP contribution in [0.15, 0.2) is 54.6 Å². The quantitative estimate of drug-likeness (QED) is 0.598. The van der Waals surface area contributed by atoms with Crippen molar-refractivity contribution in [3.8, 4) is 5.75 Å². The molecule has 0 radical (unpaired) electrons. The van der Waals surface area contributed by atoms with Gasteiger partial charge in [-0.15, -0.1) is 0 Å². The Kier molecular flexibility index (Phi) is 3.78. The molecule has 0 aliphatic carbocycles. The number of ether oxygens (including phenoxy) is 1. The maximum absolute atomic E-state index is 11.9. The summed E-state index contributed by atoms with van der Waals surface area (Å²) in [5.74, 6) is 0.687. The van der Waals surface area contributed by atoms with Crippen molar-refractivity contribution in [3.05, 3.63) is 65.7 Å². The Morgan fingerprint density at radius 2 is 1.72 bits per heavy atom. The van der Waals surface area contributed by atoms with E-state index in [9.17, 15) is 4.79 Å². The van der Waals surface area contributed by atoms with Crippen molar-refractivity contribution in [1.82, 2.24) is 0 Å². The SMILES string of the molecule is CC(C)c1cccc(OC(=O)c2ccccc2)c1. The summed E-state index contributed by atoms with van der Waals surface area (Å²) in [7, 11) is 0. The van der Waals surface area contributed by atoms with Gasteiger partial charge in [-0.25, -0.2) is 4.79 Å². The number of carbonyl (C=O) groups is 1. The summed E-state index contributed by atoms with van der Waals surface area (Å²) in [6.07, 6.45) is 0. The van der Waals surface area contributed by atoms with Crippen LogP contribution >= 0.6 is 0 Å². The Hall–Kier alpha value is -2.09. The molecule has 0 N–H and O–H groups in total. The number of hydrogen-bond acceptors (Lipinski definition) is 2. The normalized spacial score (nSPS) is 10.4. The van der Waals surface area contributed by atoms with Gasteiger partial charge in [0.2, 0.25) is 0 Å². The van der Waals surface area contributed by atoms with Crippen LogP contribution in [-0.4, -0.2) is 5.97 Å². The highest BCUT2D eigenvalue weighted by atomic mass is 16.5. The molecule has 0 bridgehead atoms. The summed E-state index contributed by atoms with van der Waals surface area (Å²) in [6, 6.07) is 16.6. The fourth-order valence-corrected chi connectivity index (χ4v) is 1.68. The first-order chi connectivity index (χ1) is 8.66. The molecule has 92 valence electrons. The minimum absolute atomic E-state index is 0.323. The number of carbonyl (C=O) groups excluding carboxylic acids is 1. The van der Waals surface area contributed by atoms with E-state index in [0.717, 1.165) is 5.56 Å². The average molecular weight is 240 g/mol. The van der Waals surface area contributed by atoms with Gasteiger partial charge in [0.1, 0.15) is 5.75 Å². The van der Waals surface area contributed by atoms with Crippen molar-refractivity contribution in [2.45, 2.75) is 19.8 Å². The number of rotatable bonds is 3. The van der Waals surface area contributed by atoms with Crippen LogP contribution in [0.4, 0.5) is 0 Å². The first-order valence-electron chi connectivity index (χ1n) is 6.04. The fraction of sp³-hybridized carbons (Fsp3) is 0.188. The van der Waals surface area contributed by atoms with E-state index >= 15 is 0 Å². The van der Waals surface area contributed by atoms with Gasteiger partial charge in [0.15, 0.2) is 0 Å². The Bertz CT molecular complexity index is 530. The molecule has 2 rings (SSSR count). The molecule has 0 spiro atoms. The molecule has 0 unspecified atom stereocenters. The number of hydrogen-bond donors (Lipinski definition) is 0. The van der Waals surface area contributed by atoms with Gasteiger partial charge in [0.25, 0.3) is 0 Å². The molecule has 2 nitrogen and oxygen atoms in total. The van der Waals surface area contributed by atoms with Gasteiger partial charge in [-0.2, -0.15) is 0 Å². The maximum atomic E-state index is 11.9. The Balaban J connectivity index is 2.15. The van der Waals surface area contributed by atoms with Crippen LogP contribution in [0.2, 0.25) is 0 Å². The second-order valence-corrected chi connectivity index (χ2v) is 4.48. The smallest absolute Gasteiger partial charge is 0.343 e. The van der Waals surface area contributed by atoms with Crippen molar-refractivity contribution in [2.75, 3.05) is 0 Å². The van der Waals surface area contributed by atoms with Crippen LogP contribution in [0.25, 0.3) is 0 Å². The monoisotopic (exact) mass is 240 g/mol. The van der Waals surface area contributed by atoms with Gasteiger partial charge in [0, 0.05) is 0 Å². The molecule has 0 aliphatic heterocycles. The van der Waals surface area contributed by atoms with Crippen molar-refractivity contribution >= 4 is 5.97 Å². The molecule has 0 heterocycles. The zero-order chi connectivity index (χ0) is 13.0. The standard InChI is InChI=1S/C16H16O2/c1-12(2)14-9-6-10-15(11-14)18-16(17)13-7-4-3-5-8-13/h3-12H,1-2H3. The van der Waals surface area contributed by atoms with Crippen LogP contribution in [0.5, 0.6) is 5.75 Å². The summed E-state index contributed by atoms with van der Waals surface area (Å²) in [6.45, 7) is 4.22. The number of esters is 1. The minimum atomic E-state index is -0.323. The first kappa shape index (κ1) is 12.4. The lowest BCUT2D eigenvalue weighted by Gasteiger charge is -2.08. The van der Waals surface area contributed by atoms with Crippen LogP contribution < -0.4 is 4.74 Å². The van der Waals surface area contributed by atoms with E-state index in [1.807, 2.05) is 36.4 Å². The van der Waals surface area contributed by atoms with Crippen LogP contribution in [0, 0.1) is 0 Å². The third kappa shape index (κ3) is 2.98. The lowest BCUT2D eigenvalue weighted by Crippen LogP contribution is -2.08. The van der Waals surface area contributed by atoms with Gasteiger partial charge >= 0.3 is 5.97 Å². The van der Waals surface area contributed by atoms with E-state index in [2.05, 4.69) is 13.8 Å². The second kappa shape index (κ2) is 5.50. The maximum Gasteiger partial charge on any atom is 0.343 e. The Labute approximate surface area is 107 Å². The number of benzene rings is 2. The summed E-state index contributed by atoms with van der Waals surface area (Å²) in [5, 5.41) is 0. The van der Waals surface area contributed by atoms with Gasteiger partial charge < -0.3 is 4.74 Å². The molecule has 0 saturated heterocycles. The van der Waals surface area contributed by atoms with E-state index in [1.54, 1.807) is 18.2 Å². The van der Waals surface area contributed by atoms with E-state index < -0.39 is 0 Å². The zero-order valence-corrected chi connectivity index (χ0v) is 10.6. The summed E-state index contributed by atoms with van der Waals surface area (Å²) >= 11 is 0. The summed E-state index contributed by atoms with van der Waals surface area (Å²) in [5.41, 5.74) is 1.72. The molecule has 0 fully saturated rings. The van der Waals surface area contributed by atoms with Gasteiger partial charge in [-0.3, -0.25) is 0 Å². The zero-order valence-electron chi connectivity index (χ0n) is 10.6. The lowest BCUT2D eigenvalue weighted by atomic mass is 10.0. The van der Waals surface area contributed by atoms with Gasteiger partial charge in [0.05, 0.1) is 5.56 Å². The van der Waals surface area contributed by atoms with Gasteiger partial charge in [-0.05, 0) is 35.7 Å². The molecule has 0 atom stereocenters. The largest absolute Gasteiger partial charge is 0.423 e. The predicted molar refractivity (Wildman–Crippen MR) is 71.9 cm³/mol. The van der Waals surface area contributed by atoms with Crippen LogP contribution in [0.3, 0.4) is 0 Å². The molecule has 0 amide bonds. The summed E-state index contributed by atoms with van der Waals surface area (Å²) < 4.78 is 5.35. The van der Waals surface area contributed by atoms with Crippen LogP contribution in [0.1, 0.15) is 35.7 Å². The average Bonchev–Trinajstić information content (AvgIpc) is 2.40. The molecule has 2 aromatic carbocycles. The third-order valence-corrected chi connectivity index (χ3v) is 2.74. The minimum Gasteiger partial charge on any atom is -0.423 e. The fourth-order valence-electron chi connectivity index (χ4n) is 1.68. The van der Waals surface area contributed by atoms with Gasteiger partial charge in [-0.1, -0.05) is 44.2 Å². The van der Waals surface area contributed by atoms with Crippen molar-refractivity contribution < 1.29 is 9.53 Å². The van der Waals surface area contributed by atoms with E-state index in [1.165, 1.54) is 0 Å². The molecule has 0 aliphatic rings. The first-order valence-corrected chi connectivity index (χ1v) is 6.04. The highest BCUT2D eigenvalue weighted by molar-refractivity contribution is 5.90. The Morgan fingerprint density at radius 1 is 1.00 bits per heavy atom. The predicted octanol–water partition coefficient (Wildman–Crippen LogP) is 4.03. The third-order valence-electron chi connectivity index (χ3n) is 2.74.